The summed E-state index contributed by atoms with van der Waals surface area (Å²) in [6, 6.07) is 3.93. The summed E-state index contributed by atoms with van der Waals surface area (Å²) < 4.78 is 26.7. The lowest BCUT2D eigenvalue weighted by Gasteiger charge is -2.20. The highest BCUT2D eigenvalue weighted by Gasteiger charge is 2.56. The van der Waals surface area contributed by atoms with Crippen LogP contribution in [0.3, 0.4) is 0 Å². The molecule has 27 heavy (non-hydrogen) atoms. The van der Waals surface area contributed by atoms with Gasteiger partial charge in [-0.1, -0.05) is 0 Å². The number of ether oxygens (including phenoxy) is 2. The Balaban J connectivity index is 1.63. The zero-order chi connectivity index (χ0) is 18.6. The van der Waals surface area contributed by atoms with Crippen LogP contribution in [0.1, 0.15) is 12.8 Å². The highest BCUT2D eigenvalue weighted by molar-refractivity contribution is 5.70. The molecule has 8 nitrogen and oxygen atoms in total. The molecule has 1 aliphatic heterocycles. The van der Waals surface area contributed by atoms with Crippen molar-refractivity contribution < 1.29 is 13.9 Å². The van der Waals surface area contributed by atoms with Crippen molar-refractivity contribution in [3.63, 3.8) is 0 Å². The van der Waals surface area contributed by atoms with Gasteiger partial charge in [0.15, 0.2) is 5.65 Å². The minimum atomic E-state index is -0.807. The average Bonchev–Trinajstić information content (AvgIpc) is 3.19. The van der Waals surface area contributed by atoms with Crippen LogP contribution in [0.4, 0.5) is 10.2 Å². The van der Waals surface area contributed by atoms with E-state index in [9.17, 15) is 4.39 Å². The number of methoxy groups -OCH3 is 2. The summed E-state index contributed by atoms with van der Waals surface area (Å²) in [4.78, 5) is 15.1. The molecule has 3 aromatic rings. The van der Waals surface area contributed by atoms with Gasteiger partial charge in [-0.05, 0) is 12.8 Å². The van der Waals surface area contributed by atoms with Gasteiger partial charge >= 0.3 is 6.01 Å². The summed E-state index contributed by atoms with van der Waals surface area (Å²) in [6.07, 6.45) is 4.40. The first-order valence-corrected chi connectivity index (χ1v) is 8.83. The normalized spacial score (nSPS) is 20.4. The Morgan fingerprint density at radius 3 is 2.78 bits per heavy atom. The Kier molecular flexibility index (Phi) is 3.46. The molecule has 0 radical (unpaired) electrons. The van der Waals surface area contributed by atoms with Gasteiger partial charge in [0, 0.05) is 30.3 Å². The molecule has 1 saturated heterocycles. The first-order chi connectivity index (χ1) is 13.1. The highest BCUT2D eigenvalue weighted by atomic mass is 19.1. The maximum atomic E-state index is 14.5. The van der Waals surface area contributed by atoms with Crippen LogP contribution in [0, 0.1) is 5.41 Å². The summed E-state index contributed by atoms with van der Waals surface area (Å²) in [5, 5.41) is 4.37. The van der Waals surface area contributed by atoms with Crippen molar-refractivity contribution in [3.05, 3.63) is 24.5 Å². The van der Waals surface area contributed by atoms with Crippen LogP contribution >= 0.6 is 0 Å². The highest BCUT2D eigenvalue weighted by Crippen LogP contribution is 2.54. The molecule has 0 bridgehead atoms. The fourth-order valence-electron chi connectivity index (χ4n) is 3.78. The zero-order valence-corrected chi connectivity index (χ0v) is 15.1. The summed E-state index contributed by atoms with van der Waals surface area (Å²) in [6.45, 7) is 1.07. The number of aromatic nitrogens is 5. The third-order valence-electron chi connectivity index (χ3n) is 5.49. The van der Waals surface area contributed by atoms with Crippen LogP contribution in [0.2, 0.25) is 0 Å². The molecule has 1 unspecified atom stereocenters. The molecule has 0 aromatic carbocycles. The predicted molar refractivity (Wildman–Crippen MR) is 95.9 cm³/mol. The van der Waals surface area contributed by atoms with Gasteiger partial charge in [-0.15, -0.1) is 0 Å². The number of alkyl halides is 1. The van der Waals surface area contributed by atoms with Crippen LogP contribution in [-0.4, -0.2) is 58.0 Å². The molecule has 9 heteroatoms. The maximum Gasteiger partial charge on any atom is 0.319 e. The standard InChI is InChI=1S/C18H19FN6O2/c1-26-16-11(8-20-17(23-16)27-2)12-7-15(25-14(22-12)3-6-21-25)24-9-13(19)18(10-24)4-5-18/h3,6-8,13H,4-5,9-10H2,1-2H3. The second-order valence-corrected chi connectivity index (χ2v) is 7.09. The zero-order valence-electron chi connectivity index (χ0n) is 15.1. The van der Waals surface area contributed by atoms with Gasteiger partial charge < -0.3 is 14.4 Å². The molecular formula is C18H19FN6O2. The molecule has 0 amide bonds. The first-order valence-electron chi connectivity index (χ1n) is 8.83. The summed E-state index contributed by atoms with van der Waals surface area (Å²) in [5.74, 6) is 1.18. The molecular weight excluding hydrogens is 351 g/mol. The molecule has 4 heterocycles. The van der Waals surface area contributed by atoms with E-state index in [-0.39, 0.29) is 11.4 Å². The minimum absolute atomic E-state index is 0.177. The second kappa shape index (κ2) is 5.77. The van der Waals surface area contributed by atoms with E-state index in [4.69, 9.17) is 9.47 Å². The molecule has 2 aliphatic rings. The Labute approximate surface area is 155 Å². The Bertz CT molecular complexity index is 1020. The molecule has 140 valence electrons. The Morgan fingerprint density at radius 1 is 1.22 bits per heavy atom. The number of hydrogen-bond acceptors (Lipinski definition) is 7. The van der Waals surface area contributed by atoms with Gasteiger partial charge in [0.05, 0.1) is 38.2 Å². The van der Waals surface area contributed by atoms with Gasteiger partial charge in [-0.2, -0.15) is 14.6 Å². The SMILES string of the molecule is COc1ncc(-c2cc(N3CC(F)C4(CC4)C3)n3nccc3n2)c(OC)n1. The van der Waals surface area contributed by atoms with Crippen LogP contribution in [0.5, 0.6) is 11.9 Å². The van der Waals surface area contributed by atoms with Crippen LogP contribution in [0.15, 0.2) is 24.5 Å². The number of halogens is 1. The van der Waals surface area contributed by atoms with E-state index in [2.05, 4.69) is 25.0 Å². The Morgan fingerprint density at radius 2 is 2.07 bits per heavy atom. The fourth-order valence-corrected chi connectivity index (χ4v) is 3.78. The van der Waals surface area contributed by atoms with Crippen molar-refractivity contribution in [2.45, 2.75) is 19.0 Å². The molecule has 5 rings (SSSR count). The Hall–Kier alpha value is -2.97. The van der Waals surface area contributed by atoms with E-state index in [1.165, 1.54) is 14.2 Å². The number of rotatable bonds is 4. The lowest BCUT2D eigenvalue weighted by molar-refractivity contribution is 0.267. The summed E-state index contributed by atoms with van der Waals surface area (Å²) >= 11 is 0. The third kappa shape index (κ3) is 2.48. The van der Waals surface area contributed by atoms with Crippen molar-refractivity contribution in [2.75, 3.05) is 32.2 Å². The van der Waals surface area contributed by atoms with Gasteiger partial charge in [0.1, 0.15) is 12.0 Å². The van der Waals surface area contributed by atoms with Crippen LogP contribution in [0.25, 0.3) is 16.9 Å². The van der Waals surface area contributed by atoms with Gasteiger partial charge in [0.2, 0.25) is 5.88 Å². The van der Waals surface area contributed by atoms with Gasteiger partial charge in [0.25, 0.3) is 0 Å². The monoisotopic (exact) mass is 370 g/mol. The lowest BCUT2D eigenvalue weighted by Crippen LogP contribution is -2.23. The van der Waals surface area contributed by atoms with E-state index in [0.717, 1.165) is 18.7 Å². The largest absolute Gasteiger partial charge is 0.480 e. The van der Waals surface area contributed by atoms with Crippen molar-refractivity contribution in [2.24, 2.45) is 5.41 Å². The number of anilines is 1. The first kappa shape index (κ1) is 16.2. The lowest BCUT2D eigenvalue weighted by atomic mass is 10.1. The molecule has 1 aliphatic carbocycles. The smallest absolute Gasteiger partial charge is 0.319 e. The number of fused-ring (bicyclic) bond motifs is 1. The average molecular weight is 370 g/mol. The molecule has 2 fully saturated rings. The molecule has 1 saturated carbocycles. The second-order valence-electron chi connectivity index (χ2n) is 7.09. The van der Waals surface area contributed by atoms with Crippen LogP contribution in [-0.2, 0) is 0 Å². The maximum absolute atomic E-state index is 14.5. The van der Waals surface area contributed by atoms with E-state index in [1.54, 1.807) is 16.9 Å². The predicted octanol–water partition coefficient (Wildman–Crippen LogP) is 2.14. The van der Waals surface area contributed by atoms with Crippen molar-refractivity contribution >= 4 is 11.5 Å². The number of nitrogens with zero attached hydrogens (tertiary/aromatic N) is 6. The quantitative estimate of drug-likeness (QED) is 0.696. The minimum Gasteiger partial charge on any atom is -0.480 e. The van der Waals surface area contributed by atoms with Crippen LogP contribution < -0.4 is 14.4 Å². The fraction of sp³-hybridized carbons (Fsp3) is 0.444. The van der Waals surface area contributed by atoms with E-state index in [0.29, 0.717) is 35.9 Å². The number of hydrogen-bond donors (Lipinski definition) is 0. The van der Waals surface area contributed by atoms with Crippen molar-refractivity contribution in [1.29, 1.82) is 0 Å². The van der Waals surface area contributed by atoms with E-state index in [1.807, 2.05) is 12.1 Å². The van der Waals surface area contributed by atoms with Gasteiger partial charge in [-0.3, -0.25) is 0 Å². The molecule has 1 atom stereocenters. The summed E-state index contributed by atoms with van der Waals surface area (Å²) in [5.41, 5.74) is 1.78. The van der Waals surface area contributed by atoms with E-state index >= 15 is 0 Å². The molecule has 3 aromatic heterocycles. The van der Waals surface area contributed by atoms with Crippen molar-refractivity contribution in [1.82, 2.24) is 24.6 Å². The summed E-state index contributed by atoms with van der Waals surface area (Å²) in [7, 11) is 3.03. The topological polar surface area (TPSA) is 77.7 Å². The van der Waals surface area contributed by atoms with Gasteiger partial charge in [-0.25, -0.2) is 14.4 Å². The molecule has 0 N–H and O–H groups in total. The van der Waals surface area contributed by atoms with Crippen molar-refractivity contribution in [3.8, 4) is 23.1 Å². The van der Waals surface area contributed by atoms with E-state index < -0.39 is 6.17 Å². The molecule has 1 spiro atoms. The third-order valence-corrected chi connectivity index (χ3v) is 5.49.